The Morgan fingerprint density at radius 2 is 1.74 bits per heavy atom. The van der Waals surface area contributed by atoms with Crippen molar-refractivity contribution in [1.82, 2.24) is 4.41 Å². The summed E-state index contributed by atoms with van der Waals surface area (Å²) in [6.07, 6.45) is 2.77. The monoisotopic (exact) mass is 328 g/mol. The van der Waals surface area contributed by atoms with E-state index in [2.05, 4.69) is 24.2 Å². The minimum atomic E-state index is -3.41. The Bertz CT molecular complexity index is 812. The van der Waals surface area contributed by atoms with Gasteiger partial charge in [0.05, 0.1) is 18.0 Å². The van der Waals surface area contributed by atoms with Gasteiger partial charge in [0.25, 0.3) is 0 Å². The first-order chi connectivity index (χ1) is 11.0. The summed E-state index contributed by atoms with van der Waals surface area (Å²) in [5.41, 5.74) is 4.01. The summed E-state index contributed by atoms with van der Waals surface area (Å²) < 4.78 is 25.5. The maximum absolute atomic E-state index is 12.1. The van der Waals surface area contributed by atoms with Crippen molar-refractivity contribution in [3.05, 3.63) is 71.3 Å². The van der Waals surface area contributed by atoms with Crippen molar-refractivity contribution in [2.24, 2.45) is 5.10 Å². The van der Waals surface area contributed by atoms with Gasteiger partial charge in [0.2, 0.25) is 10.0 Å². The molecule has 0 radical (unpaired) electrons. The molecule has 0 saturated heterocycles. The van der Waals surface area contributed by atoms with Gasteiger partial charge in [-0.25, -0.2) is 8.42 Å². The molecule has 0 aliphatic carbocycles. The van der Waals surface area contributed by atoms with Gasteiger partial charge in [0.1, 0.15) is 0 Å². The van der Waals surface area contributed by atoms with Gasteiger partial charge in [-0.15, -0.1) is 0 Å². The molecule has 0 N–H and O–H groups in total. The van der Waals surface area contributed by atoms with Crippen molar-refractivity contribution >= 4 is 15.7 Å². The van der Waals surface area contributed by atoms with E-state index in [0.717, 1.165) is 23.3 Å². The standard InChI is InChI=1S/C18H20N2O2S/c1-3-14-9-11-15(12-10-14)17-13-18(16-7-5-4-6-8-16)20(19-17)23(2,21)22/h4-12,18H,3,13H2,1-2H3/t18-/m0/s1. The van der Waals surface area contributed by atoms with E-state index in [0.29, 0.717) is 6.42 Å². The smallest absolute Gasteiger partial charge is 0.205 e. The van der Waals surface area contributed by atoms with Crippen LogP contribution in [0.1, 0.15) is 36.1 Å². The Balaban J connectivity index is 1.97. The molecular formula is C18H20N2O2S. The molecule has 1 atom stereocenters. The van der Waals surface area contributed by atoms with Crippen LogP contribution in [0.15, 0.2) is 59.7 Å². The van der Waals surface area contributed by atoms with Gasteiger partial charge in [0, 0.05) is 6.42 Å². The fraction of sp³-hybridized carbons (Fsp3) is 0.278. The Morgan fingerprint density at radius 3 is 2.30 bits per heavy atom. The van der Waals surface area contributed by atoms with Gasteiger partial charge in [-0.1, -0.05) is 61.5 Å². The van der Waals surface area contributed by atoms with E-state index in [4.69, 9.17) is 0 Å². The summed E-state index contributed by atoms with van der Waals surface area (Å²) in [5.74, 6) is 0. The van der Waals surface area contributed by atoms with Crippen LogP contribution in [0.3, 0.4) is 0 Å². The molecule has 5 heteroatoms. The predicted octanol–water partition coefficient (Wildman–Crippen LogP) is 3.36. The van der Waals surface area contributed by atoms with Crippen LogP contribution in [0.5, 0.6) is 0 Å². The van der Waals surface area contributed by atoms with Gasteiger partial charge in [-0.2, -0.15) is 9.52 Å². The molecule has 0 unspecified atom stereocenters. The van der Waals surface area contributed by atoms with E-state index in [-0.39, 0.29) is 6.04 Å². The molecule has 0 bridgehead atoms. The van der Waals surface area contributed by atoms with Crippen molar-refractivity contribution in [1.29, 1.82) is 0 Å². The number of aryl methyl sites for hydroxylation is 1. The third-order valence-electron chi connectivity index (χ3n) is 4.09. The van der Waals surface area contributed by atoms with Gasteiger partial charge >= 0.3 is 0 Å². The van der Waals surface area contributed by atoms with Crippen LogP contribution in [-0.2, 0) is 16.4 Å². The van der Waals surface area contributed by atoms with Gasteiger partial charge < -0.3 is 0 Å². The Kier molecular flexibility index (Phi) is 4.22. The molecule has 23 heavy (non-hydrogen) atoms. The minimum Gasteiger partial charge on any atom is -0.205 e. The van der Waals surface area contributed by atoms with Crippen molar-refractivity contribution in [3.8, 4) is 0 Å². The summed E-state index contributed by atoms with van der Waals surface area (Å²) in [5, 5.41) is 4.40. The molecule has 0 amide bonds. The lowest BCUT2D eigenvalue weighted by Crippen LogP contribution is -2.25. The number of hydrazone groups is 1. The fourth-order valence-electron chi connectivity index (χ4n) is 2.82. The van der Waals surface area contributed by atoms with E-state index >= 15 is 0 Å². The maximum atomic E-state index is 12.1. The first-order valence-electron chi connectivity index (χ1n) is 7.70. The van der Waals surface area contributed by atoms with E-state index in [1.165, 1.54) is 16.2 Å². The second-order valence-electron chi connectivity index (χ2n) is 5.76. The highest BCUT2D eigenvalue weighted by Gasteiger charge is 2.34. The highest BCUT2D eigenvalue weighted by atomic mass is 32.2. The van der Waals surface area contributed by atoms with E-state index < -0.39 is 10.0 Å². The zero-order valence-electron chi connectivity index (χ0n) is 13.3. The molecular weight excluding hydrogens is 308 g/mol. The highest BCUT2D eigenvalue weighted by molar-refractivity contribution is 7.88. The largest absolute Gasteiger partial charge is 0.247 e. The van der Waals surface area contributed by atoms with Crippen LogP contribution in [-0.4, -0.2) is 24.8 Å². The van der Waals surface area contributed by atoms with Crippen LogP contribution < -0.4 is 0 Å². The Hall–Kier alpha value is -2.14. The topological polar surface area (TPSA) is 49.7 Å². The van der Waals surface area contributed by atoms with Crippen molar-refractivity contribution in [3.63, 3.8) is 0 Å². The van der Waals surface area contributed by atoms with E-state index in [1.54, 1.807) is 0 Å². The van der Waals surface area contributed by atoms with Crippen molar-refractivity contribution < 1.29 is 8.42 Å². The predicted molar refractivity (Wildman–Crippen MR) is 92.8 cm³/mol. The van der Waals surface area contributed by atoms with Gasteiger partial charge in [-0.05, 0) is 23.1 Å². The summed E-state index contributed by atoms with van der Waals surface area (Å²) in [6.45, 7) is 2.11. The fourth-order valence-corrected chi connectivity index (χ4v) is 3.73. The first-order valence-corrected chi connectivity index (χ1v) is 9.55. The molecule has 0 aromatic heterocycles. The lowest BCUT2D eigenvalue weighted by atomic mass is 9.98. The highest BCUT2D eigenvalue weighted by Crippen LogP contribution is 2.34. The molecule has 120 valence electrons. The third kappa shape index (κ3) is 3.29. The third-order valence-corrected chi connectivity index (χ3v) is 5.11. The molecule has 0 spiro atoms. The van der Waals surface area contributed by atoms with Crippen LogP contribution in [0.4, 0.5) is 0 Å². The van der Waals surface area contributed by atoms with E-state index in [1.807, 2.05) is 42.5 Å². The summed E-state index contributed by atoms with van der Waals surface area (Å²) in [7, 11) is -3.41. The summed E-state index contributed by atoms with van der Waals surface area (Å²) >= 11 is 0. The van der Waals surface area contributed by atoms with Gasteiger partial charge in [0.15, 0.2) is 0 Å². The van der Waals surface area contributed by atoms with Crippen LogP contribution in [0.2, 0.25) is 0 Å². The molecule has 3 rings (SSSR count). The quantitative estimate of drug-likeness (QED) is 0.864. The SMILES string of the molecule is CCc1ccc(C2=NN(S(C)(=O)=O)[C@H](c3ccccc3)C2)cc1. The molecule has 1 aliphatic rings. The molecule has 0 saturated carbocycles. The first kappa shape index (κ1) is 15.7. The molecule has 0 fully saturated rings. The molecule has 2 aromatic carbocycles. The number of hydrogen-bond donors (Lipinski definition) is 0. The number of nitrogens with zero attached hydrogens (tertiary/aromatic N) is 2. The molecule has 4 nitrogen and oxygen atoms in total. The summed E-state index contributed by atoms with van der Waals surface area (Å²) in [4.78, 5) is 0. The number of hydrogen-bond acceptors (Lipinski definition) is 3. The lowest BCUT2D eigenvalue weighted by Gasteiger charge is -2.21. The normalized spacial score (nSPS) is 18.1. The Labute approximate surface area is 137 Å². The van der Waals surface area contributed by atoms with Crippen molar-refractivity contribution in [2.75, 3.05) is 6.26 Å². The average Bonchev–Trinajstić information content (AvgIpc) is 3.01. The second kappa shape index (κ2) is 6.16. The molecule has 1 aliphatic heterocycles. The molecule has 2 aromatic rings. The minimum absolute atomic E-state index is 0.271. The number of benzene rings is 2. The Morgan fingerprint density at radius 1 is 1.09 bits per heavy atom. The summed E-state index contributed by atoms with van der Waals surface area (Å²) in [6, 6.07) is 17.6. The maximum Gasteiger partial charge on any atom is 0.247 e. The lowest BCUT2D eigenvalue weighted by molar-refractivity contribution is 0.375. The van der Waals surface area contributed by atoms with Gasteiger partial charge in [-0.3, -0.25) is 0 Å². The zero-order valence-corrected chi connectivity index (χ0v) is 14.1. The van der Waals surface area contributed by atoms with Crippen LogP contribution in [0, 0.1) is 0 Å². The van der Waals surface area contributed by atoms with Crippen molar-refractivity contribution in [2.45, 2.75) is 25.8 Å². The zero-order chi connectivity index (χ0) is 16.4. The van der Waals surface area contributed by atoms with Crippen LogP contribution >= 0.6 is 0 Å². The number of rotatable bonds is 4. The molecule has 1 heterocycles. The average molecular weight is 328 g/mol. The van der Waals surface area contributed by atoms with E-state index in [9.17, 15) is 8.42 Å². The number of sulfonamides is 1. The second-order valence-corrected chi connectivity index (χ2v) is 7.60. The van der Waals surface area contributed by atoms with Crippen LogP contribution in [0.25, 0.3) is 0 Å².